The number of imidazole rings is 1. The first-order chi connectivity index (χ1) is 14.0. The molecule has 0 radical (unpaired) electrons. The van der Waals surface area contributed by atoms with Gasteiger partial charge in [-0.25, -0.2) is 14.6 Å². The fourth-order valence-electron chi connectivity index (χ4n) is 3.37. The molecule has 0 aliphatic carbocycles. The summed E-state index contributed by atoms with van der Waals surface area (Å²) in [5.74, 6) is 0.558. The Hall–Kier alpha value is -3.23. The molecule has 0 atom stereocenters. The van der Waals surface area contributed by atoms with Crippen molar-refractivity contribution in [1.82, 2.24) is 14.5 Å². The molecule has 0 bridgehead atoms. The Bertz CT molecular complexity index is 841. The number of anilines is 2. The number of rotatable bonds is 6. The van der Waals surface area contributed by atoms with Crippen LogP contribution in [-0.4, -0.2) is 52.8 Å². The zero-order valence-electron chi connectivity index (χ0n) is 16.8. The minimum atomic E-state index is -0.518. The fourth-order valence-corrected chi connectivity index (χ4v) is 3.37. The van der Waals surface area contributed by atoms with Crippen LogP contribution in [0, 0.1) is 0 Å². The van der Waals surface area contributed by atoms with E-state index in [0.29, 0.717) is 25.5 Å². The van der Waals surface area contributed by atoms with E-state index in [1.807, 2.05) is 31.2 Å². The maximum Gasteiger partial charge on any atom is 0.360 e. The summed E-state index contributed by atoms with van der Waals surface area (Å²) >= 11 is 0. The summed E-state index contributed by atoms with van der Waals surface area (Å²) in [5, 5.41) is 2.91. The summed E-state index contributed by atoms with van der Waals surface area (Å²) < 4.78 is 12.2. The summed E-state index contributed by atoms with van der Waals surface area (Å²) in [6, 6.07) is 7.23. The molecule has 0 saturated carbocycles. The molecule has 0 spiro atoms. The summed E-state index contributed by atoms with van der Waals surface area (Å²) in [6.45, 7) is 5.70. The topological polar surface area (TPSA) is 112 Å². The second kappa shape index (κ2) is 9.31. The number of hydrogen-bond acceptors (Lipinski definition) is 6. The highest BCUT2D eigenvalue weighted by molar-refractivity contribution is 5.92. The zero-order chi connectivity index (χ0) is 20.8. The molecule has 29 heavy (non-hydrogen) atoms. The number of hydrogen-bond donors (Lipinski definition) is 2. The predicted octanol–water partition coefficient (Wildman–Crippen LogP) is 2.91. The molecule has 3 N–H and O–H groups in total. The summed E-state index contributed by atoms with van der Waals surface area (Å²) in [5.41, 5.74) is 6.95. The lowest BCUT2D eigenvalue weighted by molar-refractivity contribution is 0.0521. The van der Waals surface area contributed by atoms with Gasteiger partial charge in [0, 0.05) is 24.8 Å². The summed E-state index contributed by atoms with van der Waals surface area (Å²) in [7, 11) is 0. The number of nitrogens with one attached hydrogen (secondary N) is 1. The number of likely N-dealkylation sites (tertiary alicyclic amines) is 1. The molecule has 2 heterocycles. The van der Waals surface area contributed by atoms with Gasteiger partial charge in [0.15, 0.2) is 5.69 Å². The number of carbonyl (C=O) groups is 2. The van der Waals surface area contributed by atoms with Gasteiger partial charge >= 0.3 is 12.0 Å². The molecule has 0 unspecified atom stereocenters. The number of ether oxygens (including phenoxy) is 2. The van der Waals surface area contributed by atoms with E-state index in [1.165, 1.54) is 0 Å². The van der Waals surface area contributed by atoms with Crippen LogP contribution in [0.2, 0.25) is 0 Å². The van der Waals surface area contributed by atoms with Crippen LogP contribution in [0.5, 0.6) is 5.75 Å². The highest BCUT2D eigenvalue weighted by Gasteiger charge is 2.27. The number of benzene rings is 1. The Kier molecular flexibility index (Phi) is 6.58. The van der Waals surface area contributed by atoms with Gasteiger partial charge in [-0.05, 0) is 51.0 Å². The maximum absolute atomic E-state index is 12.5. The van der Waals surface area contributed by atoms with Crippen molar-refractivity contribution in [2.75, 3.05) is 37.4 Å². The van der Waals surface area contributed by atoms with Crippen molar-refractivity contribution in [3.05, 3.63) is 36.3 Å². The van der Waals surface area contributed by atoms with Crippen LogP contribution in [-0.2, 0) is 4.74 Å². The van der Waals surface area contributed by atoms with Crippen LogP contribution in [0.3, 0.4) is 0 Å². The molecule has 156 valence electrons. The van der Waals surface area contributed by atoms with Crippen molar-refractivity contribution in [3.63, 3.8) is 0 Å². The van der Waals surface area contributed by atoms with Gasteiger partial charge < -0.3 is 30.0 Å². The molecule has 1 aliphatic rings. The van der Waals surface area contributed by atoms with Gasteiger partial charge in [-0.1, -0.05) is 0 Å². The molecule has 2 aromatic rings. The summed E-state index contributed by atoms with van der Waals surface area (Å²) in [6.07, 6.45) is 3.01. The molecule has 9 nitrogen and oxygen atoms in total. The number of urea groups is 1. The van der Waals surface area contributed by atoms with E-state index in [0.717, 1.165) is 24.3 Å². The summed E-state index contributed by atoms with van der Waals surface area (Å²) in [4.78, 5) is 30.3. The Labute approximate surface area is 169 Å². The SMILES string of the molecule is CCOC(=O)c1ncn(C2CCN(C(=O)Nc3ccc(OCC)cc3)CC2)c1N. The molecular formula is C20H27N5O4. The van der Waals surface area contributed by atoms with Crippen molar-refractivity contribution in [3.8, 4) is 5.75 Å². The second-order valence-corrected chi connectivity index (χ2v) is 6.71. The molecule has 3 rings (SSSR count). The number of nitrogen functional groups attached to an aromatic ring is 1. The van der Waals surface area contributed by atoms with E-state index in [2.05, 4.69) is 10.3 Å². The number of nitrogens with zero attached hydrogens (tertiary/aromatic N) is 3. The molecule has 1 saturated heterocycles. The lowest BCUT2D eigenvalue weighted by Gasteiger charge is -2.33. The van der Waals surface area contributed by atoms with Gasteiger partial charge in [-0.2, -0.15) is 0 Å². The van der Waals surface area contributed by atoms with Gasteiger partial charge in [0.25, 0.3) is 0 Å². The van der Waals surface area contributed by atoms with Gasteiger partial charge in [-0.15, -0.1) is 0 Å². The van der Waals surface area contributed by atoms with E-state index < -0.39 is 5.97 Å². The molecule has 1 aromatic heterocycles. The Morgan fingerprint density at radius 3 is 2.48 bits per heavy atom. The van der Waals surface area contributed by atoms with Gasteiger partial charge in [0.05, 0.1) is 19.5 Å². The first kappa shape index (κ1) is 20.5. The third kappa shape index (κ3) is 4.79. The first-order valence-corrected chi connectivity index (χ1v) is 9.81. The van der Waals surface area contributed by atoms with E-state index in [1.54, 1.807) is 22.7 Å². The Morgan fingerprint density at radius 1 is 1.17 bits per heavy atom. The minimum Gasteiger partial charge on any atom is -0.494 e. The molecule has 1 fully saturated rings. The van der Waals surface area contributed by atoms with Crippen LogP contribution in [0.15, 0.2) is 30.6 Å². The largest absolute Gasteiger partial charge is 0.494 e. The van der Waals surface area contributed by atoms with E-state index in [-0.39, 0.29) is 24.4 Å². The Morgan fingerprint density at radius 2 is 1.86 bits per heavy atom. The van der Waals surface area contributed by atoms with Crippen LogP contribution in [0.25, 0.3) is 0 Å². The normalized spacial score (nSPS) is 14.5. The second-order valence-electron chi connectivity index (χ2n) is 6.71. The van der Waals surface area contributed by atoms with Crippen LogP contribution < -0.4 is 15.8 Å². The highest BCUT2D eigenvalue weighted by atomic mass is 16.5. The van der Waals surface area contributed by atoms with Crippen molar-refractivity contribution < 1.29 is 19.1 Å². The third-order valence-corrected chi connectivity index (χ3v) is 4.86. The van der Waals surface area contributed by atoms with Crippen molar-refractivity contribution in [2.45, 2.75) is 32.7 Å². The standard InChI is InChI=1S/C20H27N5O4/c1-3-28-16-7-5-14(6-8-16)23-20(27)24-11-9-15(10-12-24)25-13-22-17(18(25)21)19(26)29-4-2/h5-8,13,15H,3-4,9-12,21H2,1-2H3,(H,23,27). The fraction of sp³-hybridized carbons (Fsp3) is 0.450. The maximum atomic E-state index is 12.5. The van der Waals surface area contributed by atoms with Crippen LogP contribution >= 0.6 is 0 Å². The number of esters is 1. The number of carbonyl (C=O) groups excluding carboxylic acids is 2. The first-order valence-electron chi connectivity index (χ1n) is 9.81. The third-order valence-electron chi connectivity index (χ3n) is 4.86. The quantitative estimate of drug-likeness (QED) is 0.720. The van der Waals surface area contributed by atoms with Gasteiger partial charge in [0.1, 0.15) is 11.6 Å². The molecule has 9 heteroatoms. The molecule has 2 amide bonds. The molecular weight excluding hydrogens is 374 g/mol. The van der Waals surface area contributed by atoms with Crippen molar-refractivity contribution >= 4 is 23.5 Å². The predicted molar refractivity (Wildman–Crippen MR) is 109 cm³/mol. The van der Waals surface area contributed by atoms with Gasteiger partial charge in [0.2, 0.25) is 0 Å². The van der Waals surface area contributed by atoms with E-state index in [9.17, 15) is 9.59 Å². The average molecular weight is 401 g/mol. The van der Waals surface area contributed by atoms with Crippen molar-refractivity contribution in [1.29, 1.82) is 0 Å². The van der Waals surface area contributed by atoms with Crippen LogP contribution in [0.4, 0.5) is 16.3 Å². The lowest BCUT2D eigenvalue weighted by Crippen LogP contribution is -2.41. The van der Waals surface area contributed by atoms with E-state index >= 15 is 0 Å². The number of amides is 2. The highest BCUT2D eigenvalue weighted by Crippen LogP contribution is 2.27. The number of nitrogens with two attached hydrogens (primary N) is 1. The molecule has 1 aromatic carbocycles. The van der Waals surface area contributed by atoms with Gasteiger partial charge in [-0.3, -0.25) is 0 Å². The van der Waals surface area contributed by atoms with Crippen molar-refractivity contribution in [2.24, 2.45) is 0 Å². The monoisotopic (exact) mass is 401 g/mol. The number of piperidine rings is 1. The minimum absolute atomic E-state index is 0.0835. The Balaban J connectivity index is 1.55. The lowest BCUT2D eigenvalue weighted by atomic mass is 10.1. The van der Waals surface area contributed by atoms with E-state index in [4.69, 9.17) is 15.2 Å². The average Bonchev–Trinajstić information content (AvgIpc) is 3.11. The smallest absolute Gasteiger partial charge is 0.360 e. The van der Waals surface area contributed by atoms with Crippen LogP contribution in [0.1, 0.15) is 43.2 Å². The molecule has 1 aliphatic heterocycles. The number of aromatic nitrogens is 2. The zero-order valence-corrected chi connectivity index (χ0v) is 16.8.